The molecule has 0 aromatic carbocycles. The Labute approximate surface area is 122 Å². The summed E-state index contributed by atoms with van der Waals surface area (Å²) in [5.74, 6) is 0. The van der Waals surface area contributed by atoms with Gasteiger partial charge in [-0.1, -0.05) is 41.5 Å². The van der Waals surface area contributed by atoms with Gasteiger partial charge in [-0.05, 0) is 51.4 Å². The molecule has 114 valence electrons. The normalized spacial score (nSPS) is 12.7. The van der Waals surface area contributed by atoms with Crippen LogP contribution < -0.4 is 0 Å². The molecular weight excluding hydrogens is 250 g/mol. The maximum Gasteiger partial charge on any atom is 0.318 e. The van der Waals surface area contributed by atoms with E-state index in [0.29, 0.717) is 0 Å². The fourth-order valence-electron chi connectivity index (χ4n) is 3.40. The molecule has 0 amide bonds. The third-order valence-corrected chi connectivity index (χ3v) is 9.87. The Kier molecular flexibility index (Phi) is 8.82. The molecule has 3 nitrogen and oxygen atoms in total. The van der Waals surface area contributed by atoms with Crippen LogP contribution in [0.4, 0.5) is 0 Å². The highest BCUT2D eigenvalue weighted by Gasteiger charge is 2.49. The second-order valence-electron chi connectivity index (χ2n) is 4.93. The predicted octanol–water partition coefficient (Wildman–Crippen LogP) is 3.07. The molecule has 0 bridgehead atoms. The summed E-state index contributed by atoms with van der Waals surface area (Å²) in [6, 6.07) is 0. The first kappa shape index (κ1) is 18.8. The van der Waals surface area contributed by atoms with Crippen LogP contribution >= 0.6 is 0 Å². The van der Waals surface area contributed by atoms with Crippen LogP contribution in [0.25, 0.3) is 0 Å². The lowest BCUT2D eigenvalue weighted by molar-refractivity contribution is 0.271. The lowest BCUT2D eigenvalue weighted by Crippen LogP contribution is -2.75. The van der Waals surface area contributed by atoms with Gasteiger partial charge in [0.15, 0.2) is 0 Å². The van der Waals surface area contributed by atoms with Crippen LogP contribution in [0.1, 0.15) is 48.5 Å². The van der Waals surface area contributed by atoms with Gasteiger partial charge < -0.3 is 0 Å². The minimum absolute atomic E-state index is 1.10. The number of allylic oxidation sites excluding steroid dienone is 1. The molecule has 19 heavy (non-hydrogen) atoms. The molecule has 0 rings (SSSR count). The summed E-state index contributed by atoms with van der Waals surface area (Å²) in [5, 5.41) is 1.36. The Hall–Kier alpha value is -0.163. The zero-order valence-electron chi connectivity index (χ0n) is 14.3. The van der Waals surface area contributed by atoms with E-state index >= 15 is 0 Å². The summed E-state index contributed by atoms with van der Waals surface area (Å²) in [6.07, 6.45) is 0. The second kappa shape index (κ2) is 8.90. The SMILES string of the molecule is C=C(C)[Si](N(CC)CC)(N(CC)CC)N(CC)CC. The van der Waals surface area contributed by atoms with Crippen molar-refractivity contribution in [1.29, 1.82) is 0 Å². The van der Waals surface area contributed by atoms with Crippen molar-refractivity contribution in [1.82, 2.24) is 13.7 Å². The highest BCUT2D eigenvalue weighted by molar-refractivity contribution is 6.78. The summed E-state index contributed by atoms with van der Waals surface area (Å²) >= 11 is 0. The van der Waals surface area contributed by atoms with Gasteiger partial charge >= 0.3 is 8.56 Å². The third-order valence-electron chi connectivity index (χ3n) is 4.19. The van der Waals surface area contributed by atoms with E-state index in [1.54, 1.807) is 0 Å². The fourth-order valence-corrected chi connectivity index (χ4v) is 8.87. The second-order valence-corrected chi connectivity index (χ2v) is 8.95. The average Bonchev–Trinajstić information content (AvgIpc) is 2.41. The van der Waals surface area contributed by atoms with Crippen LogP contribution in [0.15, 0.2) is 11.8 Å². The van der Waals surface area contributed by atoms with Gasteiger partial charge in [-0.15, -0.1) is 6.58 Å². The van der Waals surface area contributed by atoms with E-state index < -0.39 is 8.56 Å². The smallest absolute Gasteiger partial charge is 0.297 e. The van der Waals surface area contributed by atoms with E-state index in [-0.39, 0.29) is 0 Å². The molecule has 0 aromatic heterocycles. The number of rotatable bonds is 10. The van der Waals surface area contributed by atoms with E-state index in [1.165, 1.54) is 5.20 Å². The molecule has 0 saturated carbocycles. The van der Waals surface area contributed by atoms with Crippen molar-refractivity contribution in [3.63, 3.8) is 0 Å². The summed E-state index contributed by atoms with van der Waals surface area (Å²) in [5.41, 5.74) is 0. The quantitative estimate of drug-likeness (QED) is 0.571. The molecule has 0 aliphatic heterocycles. The standard InChI is InChI=1S/C15H35N3Si/c1-9-16(10-2)19(15(7)8,17(11-3)12-4)18(13-5)14-6/h7,9-14H2,1-6,8H3. The van der Waals surface area contributed by atoms with E-state index in [9.17, 15) is 0 Å². The molecule has 0 saturated heterocycles. The van der Waals surface area contributed by atoms with Crippen molar-refractivity contribution < 1.29 is 0 Å². The zero-order chi connectivity index (χ0) is 15.1. The van der Waals surface area contributed by atoms with Crippen LogP contribution in [0.2, 0.25) is 0 Å². The maximum absolute atomic E-state index is 4.41. The van der Waals surface area contributed by atoms with Gasteiger partial charge in [0.25, 0.3) is 0 Å². The molecule has 4 heteroatoms. The molecule has 0 spiro atoms. The van der Waals surface area contributed by atoms with E-state index in [4.69, 9.17) is 0 Å². The van der Waals surface area contributed by atoms with Crippen LogP contribution in [0.5, 0.6) is 0 Å². The van der Waals surface area contributed by atoms with Crippen molar-refractivity contribution in [3.8, 4) is 0 Å². The lowest BCUT2D eigenvalue weighted by atomic mass is 10.6. The Bertz CT molecular complexity index is 225. The fraction of sp³-hybridized carbons (Fsp3) is 0.867. The zero-order valence-corrected chi connectivity index (χ0v) is 15.3. The monoisotopic (exact) mass is 285 g/mol. The van der Waals surface area contributed by atoms with Crippen molar-refractivity contribution in [2.75, 3.05) is 39.3 Å². The molecule has 0 heterocycles. The van der Waals surface area contributed by atoms with Gasteiger partial charge in [-0.3, -0.25) is 13.7 Å². The molecule has 0 unspecified atom stereocenters. The van der Waals surface area contributed by atoms with Gasteiger partial charge in [0.05, 0.1) is 0 Å². The summed E-state index contributed by atoms with van der Waals surface area (Å²) in [6.45, 7) is 26.9. The summed E-state index contributed by atoms with van der Waals surface area (Å²) < 4.78 is 8.03. The van der Waals surface area contributed by atoms with Crippen molar-refractivity contribution in [2.24, 2.45) is 0 Å². The van der Waals surface area contributed by atoms with Crippen molar-refractivity contribution >= 4 is 8.56 Å². The number of hydrogen-bond acceptors (Lipinski definition) is 3. The molecular formula is C15H35N3Si. The third kappa shape index (κ3) is 3.48. The molecule has 0 aliphatic rings. The minimum atomic E-state index is -1.96. The topological polar surface area (TPSA) is 9.72 Å². The highest BCUT2D eigenvalue weighted by Crippen LogP contribution is 2.27. The predicted molar refractivity (Wildman–Crippen MR) is 89.3 cm³/mol. The summed E-state index contributed by atoms with van der Waals surface area (Å²) in [7, 11) is -1.96. The van der Waals surface area contributed by atoms with Gasteiger partial charge in [0, 0.05) is 0 Å². The van der Waals surface area contributed by atoms with Crippen LogP contribution in [-0.2, 0) is 0 Å². The highest BCUT2D eigenvalue weighted by atomic mass is 28.4. The van der Waals surface area contributed by atoms with E-state index in [1.807, 2.05) is 0 Å². The van der Waals surface area contributed by atoms with Gasteiger partial charge in [-0.2, -0.15) is 0 Å². The Morgan fingerprint density at radius 2 is 0.895 bits per heavy atom. The first-order valence-corrected chi connectivity index (χ1v) is 9.76. The molecule has 0 aliphatic carbocycles. The number of nitrogens with zero attached hydrogens (tertiary/aromatic N) is 3. The van der Waals surface area contributed by atoms with Gasteiger partial charge in [0.2, 0.25) is 0 Å². The first-order valence-electron chi connectivity index (χ1n) is 7.91. The molecule has 0 N–H and O–H groups in total. The van der Waals surface area contributed by atoms with Crippen molar-refractivity contribution in [2.45, 2.75) is 48.5 Å². The van der Waals surface area contributed by atoms with Crippen molar-refractivity contribution in [3.05, 3.63) is 11.8 Å². The summed E-state index contributed by atoms with van der Waals surface area (Å²) in [4.78, 5) is 0. The molecule has 0 atom stereocenters. The largest absolute Gasteiger partial charge is 0.318 e. The Balaban J connectivity index is 5.92. The minimum Gasteiger partial charge on any atom is -0.297 e. The van der Waals surface area contributed by atoms with E-state index in [0.717, 1.165) is 39.3 Å². The lowest BCUT2D eigenvalue weighted by Gasteiger charge is -2.53. The molecule has 0 fully saturated rings. The Morgan fingerprint density at radius 1 is 0.684 bits per heavy atom. The molecule has 0 aromatic rings. The average molecular weight is 286 g/mol. The van der Waals surface area contributed by atoms with Gasteiger partial charge in [0.1, 0.15) is 0 Å². The Morgan fingerprint density at radius 3 is 1.00 bits per heavy atom. The van der Waals surface area contributed by atoms with Crippen LogP contribution in [0, 0.1) is 0 Å². The number of hydrogen-bond donors (Lipinski definition) is 0. The van der Waals surface area contributed by atoms with E-state index in [2.05, 4.69) is 68.7 Å². The molecule has 0 radical (unpaired) electrons. The van der Waals surface area contributed by atoms with Crippen LogP contribution in [-0.4, -0.2) is 61.5 Å². The van der Waals surface area contributed by atoms with Gasteiger partial charge in [-0.25, -0.2) is 0 Å². The first-order chi connectivity index (χ1) is 9.00. The maximum atomic E-state index is 4.41. The van der Waals surface area contributed by atoms with Crippen LogP contribution in [0.3, 0.4) is 0 Å².